The molecular formula is C16H16O2. The van der Waals surface area contributed by atoms with Crippen LogP contribution in [0.5, 0.6) is 0 Å². The fraction of sp³-hybridized carbons (Fsp3) is 0.625. The molecule has 6 atom stereocenters. The molecule has 0 spiro atoms. The molecule has 18 heavy (non-hydrogen) atoms. The lowest BCUT2D eigenvalue weighted by Crippen LogP contribution is -2.38. The largest absolute Gasteiger partial charge is 0.294 e. The van der Waals surface area contributed by atoms with Gasteiger partial charge in [-0.15, -0.1) is 0 Å². The predicted molar refractivity (Wildman–Crippen MR) is 65.6 cm³/mol. The Balaban J connectivity index is 1.68. The first-order chi connectivity index (χ1) is 8.75. The average Bonchev–Trinajstić information content (AvgIpc) is 3.07. The first-order valence-electron chi connectivity index (χ1n) is 7.25. The van der Waals surface area contributed by atoms with Crippen molar-refractivity contribution < 1.29 is 9.59 Å². The molecule has 0 radical (unpaired) electrons. The summed E-state index contributed by atoms with van der Waals surface area (Å²) in [6.45, 7) is 0. The summed E-state index contributed by atoms with van der Waals surface area (Å²) in [6, 6.07) is 0. The van der Waals surface area contributed by atoms with Crippen LogP contribution in [0, 0.1) is 35.5 Å². The molecule has 5 aliphatic rings. The van der Waals surface area contributed by atoms with Gasteiger partial charge in [0.25, 0.3) is 0 Å². The van der Waals surface area contributed by atoms with Gasteiger partial charge >= 0.3 is 0 Å². The Bertz CT molecular complexity index is 507. The molecule has 0 heterocycles. The van der Waals surface area contributed by atoms with Gasteiger partial charge in [-0.25, -0.2) is 0 Å². The molecule has 2 fully saturated rings. The Morgan fingerprint density at radius 1 is 0.778 bits per heavy atom. The van der Waals surface area contributed by atoms with Crippen molar-refractivity contribution in [3.8, 4) is 0 Å². The molecule has 6 unspecified atom stereocenters. The maximum absolute atomic E-state index is 12.1. The topological polar surface area (TPSA) is 34.1 Å². The summed E-state index contributed by atoms with van der Waals surface area (Å²) in [5.74, 6) is 2.90. The van der Waals surface area contributed by atoms with Crippen LogP contribution in [0.4, 0.5) is 0 Å². The number of hydrogen-bond donors (Lipinski definition) is 0. The summed E-state index contributed by atoms with van der Waals surface area (Å²) < 4.78 is 0. The molecule has 2 heteroatoms. The van der Waals surface area contributed by atoms with Crippen molar-refractivity contribution in [3.63, 3.8) is 0 Å². The van der Waals surface area contributed by atoms with Crippen LogP contribution >= 0.6 is 0 Å². The SMILES string of the molecule is O=C1C=CC(=O)C2C3CC(C4=C3C3CCC4C3)C12. The van der Waals surface area contributed by atoms with E-state index in [1.165, 1.54) is 31.4 Å². The van der Waals surface area contributed by atoms with Crippen molar-refractivity contribution in [2.24, 2.45) is 35.5 Å². The summed E-state index contributed by atoms with van der Waals surface area (Å²) in [7, 11) is 0. The maximum Gasteiger partial charge on any atom is 0.160 e. The molecule has 2 nitrogen and oxygen atoms in total. The molecule has 0 aliphatic heterocycles. The van der Waals surface area contributed by atoms with Gasteiger partial charge in [-0.3, -0.25) is 9.59 Å². The van der Waals surface area contributed by atoms with Crippen molar-refractivity contribution in [2.75, 3.05) is 0 Å². The second-order valence-electron chi connectivity index (χ2n) is 6.76. The fourth-order valence-corrected chi connectivity index (χ4v) is 5.90. The van der Waals surface area contributed by atoms with E-state index in [1.807, 2.05) is 0 Å². The van der Waals surface area contributed by atoms with Gasteiger partial charge in [0.1, 0.15) is 0 Å². The highest BCUT2D eigenvalue weighted by molar-refractivity contribution is 6.08. The molecule has 0 aromatic carbocycles. The van der Waals surface area contributed by atoms with E-state index in [4.69, 9.17) is 0 Å². The van der Waals surface area contributed by atoms with Gasteiger partial charge in [-0.05, 0) is 61.5 Å². The molecule has 0 aromatic heterocycles. The van der Waals surface area contributed by atoms with Crippen LogP contribution in [0.1, 0.15) is 25.7 Å². The van der Waals surface area contributed by atoms with Gasteiger partial charge in [0, 0.05) is 11.8 Å². The van der Waals surface area contributed by atoms with E-state index in [-0.39, 0.29) is 23.4 Å². The van der Waals surface area contributed by atoms with Crippen LogP contribution in [-0.2, 0) is 9.59 Å². The zero-order valence-electron chi connectivity index (χ0n) is 10.3. The third-order valence-corrected chi connectivity index (χ3v) is 6.28. The van der Waals surface area contributed by atoms with Crippen LogP contribution in [0.2, 0.25) is 0 Å². The van der Waals surface area contributed by atoms with Gasteiger partial charge in [-0.2, -0.15) is 0 Å². The molecule has 4 bridgehead atoms. The van der Waals surface area contributed by atoms with Crippen molar-refractivity contribution >= 4 is 11.6 Å². The number of allylic oxidation sites excluding steroid dienone is 4. The van der Waals surface area contributed by atoms with Crippen LogP contribution in [0.25, 0.3) is 0 Å². The number of carbonyl (C=O) groups excluding carboxylic acids is 2. The zero-order chi connectivity index (χ0) is 12.0. The lowest BCUT2D eigenvalue weighted by molar-refractivity contribution is -0.129. The molecule has 0 saturated heterocycles. The molecule has 5 rings (SSSR count). The number of hydrogen-bond acceptors (Lipinski definition) is 2. The highest BCUT2D eigenvalue weighted by Crippen LogP contribution is 2.67. The summed E-state index contributed by atoms with van der Waals surface area (Å²) in [5, 5.41) is 0. The molecule has 2 saturated carbocycles. The minimum absolute atomic E-state index is 0.0191. The first kappa shape index (κ1) is 9.71. The quantitative estimate of drug-likeness (QED) is 0.481. The Morgan fingerprint density at radius 2 is 1.28 bits per heavy atom. The van der Waals surface area contributed by atoms with E-state index in [2.05, 4.69) is 0 Å². The molecule has 0 aromatic rings. The Kier molecular flexibility index (Phi) is 1.55. The molecule has 92 valence electrons. The van der Waals surface area contributed by atoms with Crippen LogP contribution in [-0.4, -0.2) is 11.6 Å². The highest BCUT2D eigenvalue weighted by Gasteiger charge is 2.62. The van der Waals surface area contributed by atoms with Crippen molar-refractivity contribution in [1.82, 2.24) is 0 Å². The standard InChI is InChI=1S/C16H16O2/c17-11-3-4-12(18)16-10-6-9(15(11)16)13-7-1-2-8(5-7)14(10)13/h3-4,7-10,15-16H,1-2,5-6H2. The lowest BCUT2D eigenvalue weighted by Gasteiger charge is -2.35. The summed E-state index contributed by atoms with van der Waals surface area (Å²) in [4.78, 5) is 24.3. The van der Waals surface area contributed by atoms with Gasteiger partial charge in [0.05, 0.1) is 0 Å². The third-order valence-electron chi connectivity index (χ3n) is 6.28. The highest BCUT2D eigenvalue weighted by atomic mass is 16.1. The van der Waals surface area contributed by atoms with E-state index >= 15 is 0 Å². The fourth-order valence-electron chi connectivity index (χ4n) is 5.90. The average molecular weight is 240 g/mol. The minimum atomic E-state index is 0.0191. The zero-order valence-corrected chi connectivity index (χ0v) is 10.3. The lowest BCUT2D eigenvalue weighted by atomic mass is 9.67. The number of carbonyl (C=O) groups is 2. The first-order valence-corrected chi connectivity index (χ1v) is 7.25. The number of fused-ring (bicyclic) bond motifs is 11. The van der Waals surface area contributed by atoms with E-state index in [9.17, 15) is 9.59 Å². The maximum atomic E-state index is 12.1. The Hall–Kier alpha value is -1.18. The smallest absolute Gasteiger partial charge is 0.160 e. The minimum Gasteiger partial charge on any atom is -0.294 e. The van der Waals surface area contributed by atoms with E-state index in [0.29, 0.717) is 11.8 Å². The van der Waals surface area contributed by atoms with Gasteiger partial charge < -0.3 is 0 Å². The summed E-state index contributed by atoms with van der Waals surface area (Å²) in [6.07, 6.45) is 8.18. The van der Waals surface area contributed by atoms with E-state index < -0.39 is 0 Å². The Morgan fingerprint density at radius 3 is 1.78 bits per heavy atom. The van der Waals surface area contributed by atoms with Gasteiger partial charge in [-0.1, -0.05) is 11.1 Å². The van der Waals surface area contributed by atoms with Crippen LogP contribution in [0.3, 0.4) is 0 Å². The second-order valence-corrected chi connectivity index (χ2v) is 6.76. The van der Waals surface area contributed by atoms with Crippen molar-refractivity contribution in [1.29, 1.82) is 0 Å². The van der Waals surface area contributed by atoms with E-state index in [0.717, 1.165) is 18.3 Å². The Labute approximate surface area is 106 Å². The molecule has 0 amide bonds. The number of rotatable bonds is 0. The summed E-state index contributed by atoms with van der Waals surface area (Å²) >= 11 is 0. The molecular weight excluding hydrogens is 224 g/mol. The third kappa shape index (κ3) is 0.877. The van der Waals surface area contributed by atoms with Crippen molar-refractivity contribution in [3.05, 3.63) is 23.3 Å². The predicted octanol–water partition coefficient (Wildman–Crippen LogP) is 2.30. The van der Waals surface area contributed by atoms with Crippen molar-refractivity contribution in [2.45, 2.75) is 25.7 Å². The van der Waals surface area contributed by atoms with E-state index in [1.54, 1.807) is 11.1 Å². The molecule has 5 aliphatic carbocycles. The number of ketones is 2. The van der Waals surface area contributed by atoms with Crippen LogP contribution in [0.15, 0.2) is 23.3 Å². The molecule has 0 N–H and O–H groups in total. The van der Waals surface area contributed by atoms with Gasteiger partial charge in [0.2, 0.25) is 0 Å². The van der Waals surface area contributed by atoms with Gasteiger partial charge in [0.15, 0.2) is 11.6 Å². The summed E-state index contributed by atoms with van der Waals surface area (Å²) in [5.41, 5.74) is 3.29. The second kappa shape index (κ2) is 2.87. The monoisotopic (exact) mass is 240 g/mol. The van der Waals surface area contributed by atoms with Crippen LogP contribution < -0.4 is 0 Å². The normalized spacial score (nSPS) is 51.3.